The average molecular weight is 345 g/mol. The highest BCUT2D eigenvalue weighted by Gasteiger charge is 2.28. The Hall–Kier alpha value is -1.43. The minimum atomic E-state index is 0.0228. The minimum absolute atomic E-state index is 0.0228. The van der Waals surface area contributed by atoms with Crippen LogP contribution in [0.4, 0.5) is 0 Å². The maximum Gasteiger partial charge on any atom is 0.225 e. The summed E-state index contributed by atoms with van der Waals surface area (Å²) in [5.74, 6) is 0.844. The summed E-state index contributed by atoms with van der Waals surface area (Å²) in [5.41, 5.74) is 1.32. The second-order valence-corrected chi connectivity index (χ2v) is 7.32. The van der Waals surface area contributed by atoms with Crippen LogP contribution in [0.2, 0.25) is 0 Å². The third-order valence-electron chi connectivity index (χ3n) is 5.24. The molecular formula is C20H31N3O2. The van der Waals surface area contributed by atoms with Crippen LogP contribution in [0.5, 0.6) is 0 Å². The summed E-state index contributed by atoms with van der Waals surface area (Å²) in [4.78, 5) is 17.1. The molecule has 1 N–H and O–H groups in total. The quantitative estimate of drug-likeness (QED) is 0.853. The maximum atomic E-state index is 12.7. The second kappa shape index (κ2) is 9.32. The fourth-order valence-corrected chi connectivity index (χ4v) is 3.96. The molecule has 1 amide bonds. The average Bonchev–Trinajstić information content (AvgIpc) is 2.63. The van der Waals surface area contributed by atoms with Gasteiger partial charge in [0.2, 0.25) is 5.91 Å². The Labute approximate surface area is 151 Å². The number of carbonyl (C=O) groups excluding carboxylic acids is 1. The summed E-state index contributed by atoms with van der Waals surface area (Å²) in [5, 5.41) is 3.24. The number of hydrogen-bond acceptors (Lipinski definition) is 4. The van der Waals surface area contributed by atoms with Gasteiger partial charge in [-0.15, -0.1) is 0 Å². The van der Waals surface area contributed by atoms with Crippen molar-refractivity contribution in [2.45, 2.75) is 31.9 Å². The Balaban J connectivity index is 1.47. The number of nitrogens with one attached hydrogen (secondary N) is 1. The molecule has 0 aliphatic carbocycles. The molecule has 0 bridgehead atoms. The first-order valence-electron chi connectivity index (χ1n) is 9.55. The van der Waals surface area contributed by atoms with E-state index in [1.165, 1.54) is 12.0 Å². The highest BCUT2D eigenvalue weighted by Crippen LogP contribution is 2.19. The second-order valence-electron chi connectivity index (χ2n) is 7.32. The van der Waals surface area contributed by atoms with Crippen molar-refractivity contribution in [2.75, 3.05) is 46.4 Å². The molecule has 2 aliphatic rings. The highest BCUT2D eigenvalue weighted by molar-refractivity contribution is 5.76. The Bertz CT molecular complexity index is 535. The van der Waals surface area contributed by atoms with Gasteiger partial charge in [0.15, 0.2) is 0 Å². The molecule has 5 nitrogen and oxygen atoms in total. The predicted octanol–water partition coefficient (Wildman–Crippen LogP) is 1.74. The molecule has 0 aromatic heterocycles. The molecule has 0 saturated carbocycles. The van der Waals surface area contributed by atoms with E-state index in [1.54, 1.807) is 0 Å². The van der Waals surface area contributed by atoms with E-state index in [9.17, 15) is 4.79 Å². The Morgan fingerprint density at radius 3 is 2.88 bits per heavy atom. The Morgan fingerprint density at radius 1 is 1.24 bits per heavy atom. The van der Waals surface area contributed by atoms with E-state index < -0.39 is 0 Å². The van der Waals surface area contributed by atoms with Crippen molar-refractivity contribution in [1.82, 2.24) is 15.1 Å². The van der Waals surface area contributed by atoms with Gasteiger partial charge in [0.05, 0.1) is 19.1 Å². The van der Waals surface area contributed by atoms with Crippen molar-refractivity contribution < 1.29 is 9.53 Å². The summed E-state index contributed by atoms with van der Waals surface area (Å²) < 4.78 is 5.88. The fraction of sp³-hybridized carbons (Fsp3) is 0.650. The summed E-state index contributed by atoms with van der Waals surface area (Å²) in [6.45, 7) is 6.21. The molecule has 3 rings (SSSR count). The first kappa shape index (κ1) is 18.4. The molecule has 0 radical (unpaired) electrons. The maximum absolute atomic E-state index is 12.7. The number of rotatable bonds is 6. The van der Waals surface area contributed by atoms with Crippen LogP contribution in [0.25, 0.3) is 0 Å². The third kappa shape index (κ3) is 5.53. The predicted molar refractivity (Wildman–Crippen MR) is 99.3 cm³/mol. The number of carbonyl (C=O) groups is 1. The van der Waals surface area contributed by atoms with E-state index >= 15 is 0 Å². The number of hydrogen-bond donors (Lipinski definition) is 1. The number of likely N-dealkylation sites (tertiary alicyclic amines) is 1. The Morgan fingerprint density at radius 2 is 2.08 bits per heavy atom. The van der Waals surface area contributed by atoms with Crippen molar-refractivity contribution in [3.05, 3.63) is 35.9 Å². The molecule has 5 heteroatoms. The molecule has 1 aromatic rings. The lowest BCUT2D eigenvalue weighted by atomic mass is 9.97. The lowest BCUT2D eigenvalue weighted by Gasteiger charge is -2.36. The molecule has 2 saturated heterocycles. The van der Waals surface area contributed by atoms with Crippen molar-refractivity contribution in [1.29, 1.82) is 0 Å². The van der Waals surface area contributed by atoms with Crippen LogP contribution in [-0.4, -0.2) is 68.2 Å². The van der Waals surface area contributed by atoms with Gasteiger partial charge in [0.1, 0.15) is 0 Å². The van der Waals surface area contributed by atoms with Gasteiger partial charge >= 0.3 is 0 Å². The molecule has 25 heavy (non-hydrogen) atoms. The lowest BCUT2D eigenvalue weighted by molar-refractivity contribution is -0.138. The monoisotopic (exact) mass is 345 g/mol. The zero-order valence-electron chi connectivity index (χ0n) is 15.3. The molecular weight excluding hydrogens is 314 g/mol. The van der Waals surface area contributed by atoms with Crippen molar-refractivity contribution >= 4 is 5.91 Å². The van der Waals surface area contributed by atoms with E-state index in [-0.39, 0.29) is 12.0 Å². The molecule has 1 aromatic carbocycles. The van der Waals surface area contributed by atoms with Gasteiger partial charge in [0, 0.05) is 32.7 Å². The first-order valence-corrected chi connectivity index (χ1v) is 9.55. The molecule has 2 heterocycles. The number of ether oxygens (including phenoxy) is 1. The van der Waals surface area contributed by atoms with Gasteiger partial charge in [-0.25, -0.2) is 0 Å². The Kier molecular flexibility index (Phi) is 6.84. The molecule has 2 aliphatic heterocycles. The number of morpholine rings is 1. The summed E-state index contributed by atoms with van der Waals surface area (Å²) in [6, 6.07) is 10.5. The van der Waals surface area contributed by atoms with Gasteiger partial charge in [-0.1, -0.05) is 30.3 Å². The van der Waals surface area contributed by atoms with E-state index in [0.717, 1.165) is 45.7 Å². The highest BCUT2D eigenvalue weighted by atomic mass is 16.5. The van der Waals surface area contributed by atoms with E-state index in [4.69, 9.17) is 4.74 Å². The normalized spacial score (nSPS) is 25.1. The fourth-order valence-electron chi connectivity index (χ4n) is 3.96. The van der Waals surface area contributed by atoms with Crippen LogP contribution in [0.1, 0.15) is 24.8 Å². The number of nitrogens with zero attached hydrogens (tertiary/aromatic N) is 2. The molecule has 2 atom stereocenters. The summed E-state index contributed by atoms with van der Waals surface area (Å²) >= 11 is 0. The molecule has 0 spiro atoms. The van der Waals surface area contributed by atoms with Gasteiger partial charge in [-0.05, 0) is 37.9 Å². The number of piperidine rings is 1. The largest absolute Gasteiger partial charge is 0.375 e. The lowest BCUT2D eigenvalue weighted by Crippen LogP contribution is -2.47. The molecule has 2 fully saturated rings. The smallest absolute Gasteiger partial charge is 0.225 e. The summed E-state index contributed by atoms with van der Waals surface area (Å²) in [7, 11) is 1.98. The van der Waals surface area contributed by atoms with Gasteiger partial charge < -0.3 is 15.0 Å². The van der Waals surface area contributed by atoms with Crippen molar-refractivity contribution in [2.24, 2.45) is 5.92 Å². The van der Waals surface area contributed by atoms with Crippen LogP contribution < -0.4 is 5.32 Å². The number of amides is 1. The number of benzene rings is 1. The van der Waals surface area contributed by atoms with Gasteiger partial charge in [0.25, 0.3) is 0 Å². The zero-order chi connectivity index (χ0) is 17.5. The van der Waals surface area contributed by atoms with Gasteiger partial charge in [-0.3, -0.25) is 9.69 Å². The van der Waals surface area contributed by atoms with Crippen molar-refractivity contribution in [3.63, 3.8) is 0 Å². The van der Waals surface area contributed by atoms with Crippen LogP contribution in [-0.2, 0) is 16.1 Å². The standard InChI is InChI=1S/C20H31N3O2/c1-21-13-18-8-5-9-23(15-18)20(24)12-19-16-22(10-11-25-19)14-17-6-3-2-4-7-17/h2-4,6-7,18-19,21H,5,8-16H2,1H3. The zero-order valence-corrected chi connectivity index (χ0v) is 15.3. The van der Waals surface area contributed by atoms with E-state index in [1.807, 2.05) is 18.0 Å². The SMILES string of the molecule is CNCC1CCCN(C(=O)CC2CN(Cc3ccccc3)CCO2)C1. The molecule has 138 valence electrons. The van der Waals surface area contributed by atoms with Crippen LogP contribution in [0, 0.1) is 5.92 Å². The summed E-state index contributed by atoms with van der Waals surface area (Å²) in [6.07, 6.45) is 2.87. The van der Waals surface area contributed by atoms with Crippen LogP contribution in [0.3, 0.4) is 0 Å². The topological polar surface area (TPSA) is 44.8 Å². The van der Waals surface area contributed by atoms with E-state index in [0.29, 0.717) is 18.9 Å². The first-order chi connectivity index (χ1) is 12.2. The van der Waals surface area contributed by atoms with E-state index in [2.05, 4.69) is 34.5 Å². The van der Waals surface area contributed by atoms with Crippen LogP contribution >= 0.6 is 0 Å². The van der Waals surface area contributed by atoms with Crippen LogP contribution in [0.15, 0.2) is 30.3 Å². The molecule has 2 unspecified atom stereocenters. The third-order valence-corrected chi connectivity index (χ3v) is 5.24. The van der Waals surface area contributed by atoms with Gasteiger partial charge in [-0.2, -0.15) is 0 Å². The minimum Gasteiger partial charge on any atom is -0.375 e. The van der Waals surface area contributed by atoms with Crippen molar-refractivity contribution in [3.8, 4) is 0 Å².